The van der Waals surface area contributed by atoms with Crippen LogP contribution in [-0.4, -0.2) is 10.9 Å². The summed E-state index contributed by atoms with van der Waals surface area (Å²) in [5, 5.41) is 8.16. The summed E-state index contributed by atoms with van der Waals surface area (Å²) < 4.78 is 5.55. The molecule has 0 spiro atoms. The Kier molecular flexibility index (Phi) is 4.09. The molecule has 2 atom stereocenters. The van der Waals surface area contributed by atoms with Crippen molar-refractivity contribution in [2.75, 3.05) is 5.32 Å². The Labute approximate surface area is 168 Å². The second-order valence-electron chi connectivity index (χ2n) is 7.46. The number of halogens is 1. The van der Waals surface area contributed by atoms with Gasteiger partial charge in [0.25, 0.3) is 0 Å². The van der Waals surface area contributed by atoms with Crippen LogP contribution in [0.1, 0.15) is 47.1 Å². The van der Waals surface area contributed by atoms with Crippen LogP contribution < -0.4 is 5.32 Å². The van der Waals surface area contributed by atoms with Crippen molar-refractivity contribution in [3.05, 3.63) is 93.3 Å². The number of aromatic nitrogens is 1. The van der Waals surface area contributed by atoms with E-state index in [0.717, 1.165) is 34.5 Å². The second-order valence-corrected chi connectivity index (χ2v) is 7.89. The average molecular weight is 391 g/mol. The highest BCUT2D eigenvalue weighted by Gasteiger charge is 2.41. The fourth-order valence-electron chi connectivity index (χ4n) is 4.45. The SMILES string of the molecule is Cc1noc2c1[C@@H](c1cccc(Cl)c1)C1=C(C[C@@H](c3ccccc3)CC1=O)N2. The number of ketones is 1. The van der Waals surface area contributed by atoms with Gasteiger partial charge in [0, 0.05) is 28.6 Å². The minimum absolute atomic E-state index is 0.158. The summed E-state index contributed by atoms with van der Waals surface area (Å²) in [7, 11) is 0. The van der Waals surface area contributed by atoms with Crippen molar-refractivity contribution in [3.8, 4) is 0 Å². The first-order valence-corrected chi connectivity index (χ1v) is 9.79. The van der Waals surface area contributed by atoms with Crippen molar-refractivity contribution in [1.82, 2.24) is 5.16 Å². The van der Waals surface area contributed by atoms with E-state index in [0.29, 0.717) is 17.3 Å². The van der Waals surface area contributed by atoms with Crippen LogP contribution in [0.4, 0.5) is 5.88 Å². The number of carbonyl (C=O) groups is 1. The maximum absolute atomic E-state index is 13.3. The quantitative estimate of drug-likeness (QED) is 0.619. The highest BCUT2D eigenvalue weighted by molar-refractivity contribution is 6.30. The van der Waals surface area contributed by atoms with Gasteiger partial charge in [-0.05, 0) is 42.5 Å². The molecule has 0 saturated carbocycles. The fraction of sp³-hybridized carbons (Fsp3) is 0.217. The molecule has 4 nitrogen and oxygen atoms in total. The van der Waals surface area contributed by atoms with E-state index in [-0.39, 0.29) is 17.6 Å². The second kappa shape index (κ2) is 6.64. The number of fused-ring (bicyclic) bond motifs is 1. The number of nitrogens with one attached hydrogen (secondary N) is 1. The van der Waals surface area contributed by atoms with E-state index in [4.69, 9.17) is 16.1 Å². The van der Waals surface area contributed by atoms with Crippen molar-refractivity contribution in [3.63, 3.8) is 0 Å². The van der Waals surface area contributed by atoms with Crippen LogP contribution in [-0.2, 0) is 4.79 Å². The van der Waals surface area contributed by atoms with E-state index in [1.165, 1.54) is 5.56 Å². The van der Waals surface area contributed by atoms with Crippen molar-refractivity contribution >= 4 is 23.3 Å². The lowest BCUT2D eigenvalue weighted by atomic mass is 9.72. The molecule has 5 heteroatoms. The molecule has 1 aromatic heterocycles. The zero-order chi connectivity index (χ0) is 19.3. The van der Waals surface area contributed by atoms with E-state index in [2.05, 4.69) is 22.6 Å². The zero-order valence-electron chi connectivity index (χ0n) is 15.4. The molecule has 1 aliphatic heterocycles. The molecule has 0 radical (unpaired) electrons. The number of hydrogen-bond acceptors (Lipinski definition) is 4. The van der Waals surface area contributed by atoms with Gasteiger partial charge in [-0.2, -0.15) is 0 Å². The van der Waals surface area contributed by atoms with E-state index in [1.807, 2.05) is 49.4 Å². The number of carbonyl (C=O) groups excluding carboxylic acids is 1. The molecule has 2 aromatic carbocycles. The molecular formula is C23H19ClN2O2. The topological polar surface area (TPSA) is 55.1 Å². The van der Waals surface area contributed by atoms with Gasteiger partial charge >= 0.3 is 0 Å². The minimum atomic E-state index is -0.208. The first-order chi connectivity index (χ1) is 13.6. The number of allylic oxidation sites excluding steroid dienone is 2. The number of nitrogens with zero attached hydrogens (tertiary/aromatic N) is 1. The van der Waals surface area contributed by atoms with Crippen LogP contribution in [0.5, 0.6) is 0 Å². The molecule has 0 bridgehead atoms. The van der Waals surface area contributed by atoms with Gasteiger partial charge in [0.15, 0.2) is 5.78 Å². The van der Waals surface area contributed by atoms with Crippen LogP contribution in [0.25, 0.3) is 0 Å². The Morgan fingerprint density at radius 1 is 1.07 bits per heavy atom. The predicted molar refractivity (Wildman–Crippen MR) is 109 cm³/mol. The minimum Gasteiger partial charge on any atom is -0.338 e. The van der Waals surface area contributed by atoms with E-state index in [9.17, 15) is 4.79 Å². The van der Waals surface area contributed by atoms with Crippen molar-refractivity contribution in [1.29, 1.82) is 0 Å². The molecule has 0 amide bonds. The lowest BCUT2D eigenvalue weighted by molar-refractivity contribution is -0.116. The molecule has 0 saturated heterocycles. The molecule has 5 rings (SSSR count). The smallest absolute Gasteiger partial charge is 0.233 e. The maximum Gasteiger partial charge on any atom is 0.233 e. The third kappa shape index (κ3) is 2.76. The van der Waals surface area contributed by atoms with Crippen molar-refractivity contribution in [2.45, 2.75) is 31.6 Å². The van der Waals surface area contributed by atoms with Crippen LogP contribution in [0.3, 0.4) is 0 Å². The van der Waals surface area contributed by atoms with Gasteiger partial charge in [0.05, 0.1) is 11.3 Å². The molecule has 28 heavy (non-hydrogen) atoms. The third-order valence-electron chi connectivity index (χ3n) is 5.71. The van der Waals surface area contributed by atoms with E-state index < -0.39 is 0 Å². The predicted octanol–water partition coefficient (Wildman–Crippen LogP) is 5.59. The fourth-order valence-corrected chi connectivity index (χ4v) is 4.65. The molecular weight excluding hydrogens is 372 g/mol. The standard InChI is InChI=1S/C23H19ClN2O2/c1-13-20-21(15-8-5-9-17(24)10-15)22-18(25-23(20)28-26-13)11-16(12-19(22)27)14-6-3-2-4-7-14/h2-10,16,21,25H,11-12H2,1H3/t16-,21-/m1/s1. The summed E-state index contributed by atoms with van der Waals surface area (Å²) in [6.45, 7) is 1.91. The number of aryl methyl sites for hydroxylation is 1. The lowest BCUT2D eigenvalue weighted by Crippen LogP contribution is -2.29. The molecule has 3 aromatic rings. The summed E-state index contributed by atoms with van der Waals surface area (Å²) in [5.41, 5.74) is 5.63. The number of rotatable bonds is 2. The van der Waals surface area contributed by atoms with Gasteiger partial charge in [0.1, 0.15) is 0 Å². The molecule has 1 N–H and O–H groups in total. The number of Topliss-reactive ketones (excluding diaryl/α,β-unsaturated/α-hetero) is 1. The normalized spacial score (nSPS) is 21.1. The monoisotopic (exact) mass is 390 g/mol. The van der Waals surface area contributed by atoms with Gasteiger partial charge in [-0.25, -0.2) is 0 Å². The summed E-state index contributed by atoms with van der Waals surface area (Å²) in [5.74, 6) is 0.743. The molecule has 1 aliphatic carbocycles. The Morgan fingerprint density at radius 2 is 1.86 bits per heavy atom. The summed E-state index contributed by atoms with van der Waals surface area (Å²) in [6.07, 6.45) is 1.27. The molecule has 2 heterocycles. The van der Waals surface area contributed by atoms with Gasteiger partial charge in [0.2, 0.25) is 5.88 Å². The maximum atomic E-state index is 13.3. The van der Waals surface area contributed by atoms with Gasteiger partial charge in [-0.3, -0.25) is 4.79 Å². The largest absolute Gasteiger partial charge is 0.338 e. The average Bonchev–Trinajstić information content (AvgIpc) is 3.07. The first kappa shape index (κ1) is 17.3. The van der Waals surface area contributed by atoms with Gasteiger partial charge < -0.3 is 9.84 Å². The lowest BCUT2D eigenvalue weighted by Gasteiger charge is -2.34. The summed E-state index contributed by atoms with van der Waals surface area (Å²) in [4.78, 5) is 13.3. The summed E-state index contributed by atoms with van der Waals surface area (Å²) in [6, 6.07) is 17.9. The Hall–Kier alpha value is -2.85. The molecule has 0 unspecified atom stereocenters. The summed E-state index contributed by atoms with van der Waals surface area (Å²) >= 11 is 6.26. The van der Waals surface area contributed by atoms with Gasteiger partial charge in [-0.1, -0.05) is 59.2 Å². The molecule has 2 aliphatic rings. The molecule has 0 fully saturated rings. The first-order valence-electron chi connectivity index (χ1n) is 9.41. The van der Waals surface area contributed by atoms with Crippen LogP contribution in [0.15, 0.2) is 70.4 Å². The molecule has 140 valence electrons. The number of anilines is 1. The third-order valence-corrected chi connectivity index (χ3v) is 5.95. The van der Waals surface area contributed by atoms with Gasteiger partial charge in [-0.15, -0.1) is 0 Å². The van der Waals surface area contributed by atoms with Crippen molar-refractivity contribution < 1.29 is 9.32 Å². The van der Waals surface area contributed by atoms with E-state index in [1.54, 1.807) is 0 Å². The Morgan fingerprint density at radius 3 is 2.64 bits per heavy atom. The van der Waals surface area contributed by atoms with Crippen molar-refractivity contribution in [2.24, 2.45) is 0 Å². The highest BCUT2D eigenvalue weighted by Crippen LogP contribution is 2.49. The van der Waals surface area contributed by atoms with E-state index >= 15 is 0 Å². The van der Waals surface area contributed by atoms with Crippen LogP contribution >= 0.6 is 11.6 Å². The zero-order valence-corrected chi connectivity index (χ0v) is 16.2. The number of hydrogen-bond donors (Lipinski definition) is 1. The van der Waals surface area contributed by atoms with Crippen LogP contribution in [0, 0.1) is 6.92 Å². The Balaban J connectivity index is 1.64. The highest BCUT2D eigenvalue weighted by atomic mass is 35.5. The van der Waals surface area contributed by atoms with Crippen LogP contribution in [0.2, 0.25) is 5.02 Å². The Bertz CT molecular complexity index is 1100. The number of benzene rings is 2.